The fourth-order valence-corrected chi connectivity index (χ4v) is 8.27. The first-order chi connectivity index (χ1) is 24.8. The number of fused-ring (bicyclic) bond motifs is 10. The van der Waals surface area contributed by atoms with Crippen LogP contribution in [0.25, 0.3) is 110 Å². The second-order valence-corrected chi connectivity index (χ2v) is 13.1. The summed E-state index contributed by atoms with van der Waals surface area (Å²) < 4.78 is 13.1. The van der Waals surface area contributed by atoms with Gasteiger partial charge in [-0.05, 0) is 78.3 Å². The first-order valence-electron chi connectivity index (χ1n) is 17.1. The van der Waals surface area contributed by atoms with Crippen molar-refractivity contribution in [1.29, 1.82) is 0 Å². The maximum absolute atomic E-state index is 6.60. The van der Waals surface area contributed by atoms with Crippen LogP contribution in [0.3, 0.4) is 0 Å². The van der Waals surface area contributed by atoms with E-state index in [9.17, 15) is 0 Å². The highest BCUT2D eigenvalue weighted by atomic mass is 16.3. The van der Waals surface area contributed by atoms with Crippen LogP contribution in [0.1, 0.15) is 0 Å². The number of rotatable bonds is 3. The quantitative estimate of drug-likeness (QED) is 0.180. The lowest BCUT2D eigenvalue weighted by Crippen LogP contribution is -1.91. The summed E-state index contributed by atoms with van der Waals surface area (Å²) in [6, 6.07) is 60.9. The molecule has 0 aliphatic heterocycles. The molecule has 0 N–H and O–H groups in total. The molecule has 0 saturated heterocycles. The van der Waals surface area contributed by atoms with Crippen molar-refractivity contribution in [2.24, 2.45) is 0 Å². The number of benzene rings is 9. The summed E-state index contributed by atoms with van der Waals surface area (Å²) in [6.45, 7) is 0. The molecule has 2 aromatic heterocycles. The Balaban J connectivity index is 1.16. The summed E-state index contributed by atoms with van der Waals surface area (Å²) in [4.78, 5) is 0. The minimum atomic E-state index is 0.848. The van der Waals surface area contributed by atoms with Gasteiger partial charge in [-0.3, -0.25) is 0 Å². The van der Waals surface area contributed by atoms with Gasteiger partial charge in [0.05, 0.1) is 5.39 Å². The molecule has 232 valence electrons. The maximum atomic E-state index is 6.60. The molecule has 0 spiro atoms. The smallest absolute Gasteiger partial charge is 0.147 e. The van der Waals surface area contributed by atoms with Crippen molar-refractivity contribution < 1.29 is 8.83 Å². The van der Waals surface area contributed by atoms with E-state index in [1.165, 1.54) is 54.6 Å². The molecule has 9 aromatic carbocycles. The molecule has 2 nitrogen and oxygen atoms in total. The van der Waals surface area contributed by atoms with E-state index in [0.717, 1.165) is 55.0 Å². The van der Waals surface area contributed by atoms with E-state index < -0.39 is 0 Å². The fourth-order valence-electron chi connectivity index (χ4n) is 8.27. The third-order valence-electron chi connectivity index (χ3n) is 10.5. The molecular formula is C48H28O2. The lowest BCUT2D eigenvalue weighted by Gasteiger charge is -2.19. The molecular weight excluding hydrogens is 609 g/mol. The number of furan rings is 2. The Morgan fingerprint density at radius 2 is 0.800 bits per heavy atom. The molecule has 0 bridgehead atoms. The SMILES string of the molecule is c1ccc2c(-c3c4ccccc4c(-c4ccc(-c5cc6c7ccccc7oc6c6c5oc5ccccc56)cc4)c4ccccc34)cccc2c1. The standard InChI is InChI=1S/C48H28O2/c1-2-14-32-29(12-1)13-11-21-34(32)45-37-18-5-3-16-35(37)44(36-17-4-6-19-38(36)45)31-26-24-30(25-27-31)40-28-41-33-15-7-9-22-42(33)49-48(41)46-39-20-8-10-23-43(39)50-47(40)46/h1-28H. The Hall–Kier alpha value is -6.64. The molecule has 0 atom stereocenters. The molecule has 2 heterocycles. The van der Waals surface area contributed by atoms with Crippen LogP contribution in [-0.2, 0) is 0 Å². The van der Waals surface area contributed by atoms with Crippen LogP contribution in [-0.4, -0.2) is 0 Å². The zero-order chi connectivity index (χ0) is 32.8. The summed E-state index contributed by atoms with van der Waals surface area (Å²) in [6.07, 6.45) is 0. The Morgan fingerprint density at radius 1 is 0.300 bits per heavy atom. The highest BCUT2D eigenvalue weighted by Gasteiger charge is 2.22. The summed E-state index contributed by atoms with van der Waals surface area (Å²) in [5.41, 5.74) is 10.6. The van der Waals surface area contributed by atoms with Gasteiger partial charge in [-0.1, -0.05) is 152 Å². The maximum Gasteiger partial charge on any atom is 0.147 e. The predicted octanol–water partition coefficient (Wildman–Crippen LogP) is 13.9. The predicted molar refractivity (Wildman–Crippen MR) is 210 cm³/mol. The minimum absolute atomic E-state index is 0.848. The summed E-state index contributed by atoms with van der Waals surface area (Å²) in [7, 11) is 0. The van der Waals surface area contributed by atoms with Crippen molar-refractivity contribution in [3.8, 4) is 33.4 Å². The van der Waals surface area contributed by atoms with Gasteiger partial charge in [0, 0.05) is 21.7 Å². The van der Waals surface area contributed by atoms with E-state index in [4.69, 9.17) is 8.83 Å². The second kappa shape index (κ2) is 10.4. The summed E-state index contributed by atoms with van der Waals surface area (Å²) in [5, 5.41) is 11.8. The minimum Gasteiger partial charge on any atom is -0.455 e. The zero-order valence-electron chi connectivity index (χ0n) is 27.0. The van der Waals surface area contributed by atoms with Crippen molar-refractivity contribution in [3.05, 3.63) is 170 Å². The molecule has 11 aromatic rings. The number of hydrogen-bond acceptors (Lipinski definition) is 2. The Bertz CT molecular complexity index is 3080. The summed E-state index contributed by atoms with van der Waals surface area (Å²) >= 11 is 0. The van der Waals surface area contributed by atoms with Crippen molar-refractivity contribution >= 4 is 76.2 Å². The second-order valence-electron chi connectivity index (χ2n) is 13.1. The van der Waals surface area contributed by atoms with Crippen LogP contribution < -0.4 is 0 Å². The van der Waals surface area contributed by atoms with E-state index in [0.29, 0.717) is 0 Å². The van der Waals surface area contributed by atoms with Gasteiger partial charge < -0.3 is 8.83 Å². The number of para-hydroxylation sites is 2. The van der Waals surface area contributed by atoms with Crippen LogP contribution in [0.2, 0.25) is 0 Å². The first-order valence-corrected chi connectivity index (χ1v) is 17.1. The monoisotopic (exact) mass is 636 g/mol. The van der Waals surface area contributed by atoms with Gasteiger partial charge in [0.15, 0.2) is 0 Å². The third kappa shape index (κ3) is 3.85. The molecule has 50 heavy (non-hydrogen) atoms. The van der Waals surface area contributed by atoms with E-state index in [-0.39, 0.29) is 0 Å². The molecule has 11 rings (SSSR count). The molecule has 0 fully saturated rings. The van der Waals surface area contributed by atoms with Gasteiger partial charge in [-0.2, -0.15) is 0 Å². The largest absolute Gasteiger partial charge is 0.455 e. The Labute approximate surface area is 287 Å². The normalized spacial score (nSPS) is 12.0. The van der Waals surface area contributed by atoms with Crippen molar-refractivity contribution in [2.75, 3.05) is 0 Å². The molecule has 0 aliphatic carbocycles. The van der Waals surface area contributed by atoms with Gasteiger partial charge in [0.25, 0.3) is 0 Å². The third-order valence-corrected chi connectivity index (χ3v) is 10.5. The van der Waals surface area contributed by atoms with Crippen LogP contribution in [0.5, 0.6) is 0 Å². The van der Waals surface area contributed by atoms with Crippen LogP contribution in [0.4, 0.5) is 0 Å². The van der Waals surface area contributed by atoms with Gasteiger partial charge in [-0.15, -0.1) is 0 Å². The fraction of sp³-hybridized carbons (Fsp3) is 0. The van der Waals surface area contributed by atoms with Crippen molar-refractivity contribution in [2.45, 2.75) is 0 Å². The average molecular weight is 637 g/mol. The van der Waals surface area contributed by atoms with Gasteiger partial charge in [-0.25, -0.2) is 0 Å². The zero-order valence-corrected chi connectivity index (χ0v) is 27.0. The van der Waals surface area contributed by atoms with Crippen LogP contribution >= 0.6 is 0 Å². The van der Waals surface area contributed by atoms with Gasteiger partial charge >= 0.3 is 0 Å². The topological polar surface area (TPSA) is 26.3 Å². The molecule has 2 heteroatoms. The van der Waals surface area contributed by atoms with E-state index in [1.54, 1.807) is 0 Å². The summed E-state index contributed by atoms with van der Waals surface area (Å²) in [5.74, 6) is 0. The van der Waals surface area contributed by atoms with E-state index >= 15 is 0 Å². The van der Waals surface area contributed by atoms with Crippen molar-refractivity contribution in [3.63, 3.8) is 0 Å². The lowest BCUT2D eigenvalue weighted by atomic mass is 9.84. The molecule has 0 unspecified atom stereocenters. The Morgan fingerprint density at radius 3 is 1.50 bits per heavy atom. The lowest BCUT2D eigenvalue weighted by molar-refractivity contribution is 0.663. The van der Waals surface area contributed by atoms with E-state index in [1.807, 2.05) is 24.3 Å². The molecule has 0 saturated carbocycles. The number of hydrogen-bond donors (Lipinski definition) is 0. The van der Waals surface area contributed by atoms with Gasteiger partial charge in [0.1, 0.15) is 22.3 Å². The highest BCUT2D eigenvalue weighted by Crippen LogP contribution is 2.47. The average Bonchev–Trinajstić information content (AvgIpc) is 3.75. The Kier molecular flexibility index (Phi) is 5.70. The molecule has 0 aliphatic rings. The van der Waals surface area contributed by atoms with Crippen LogP contribution in [0, 0.1) is 0 Å². The van der Waals surface area contributed by atoms with Crippen LogP contribution in [0.15, 0.2) is 179 Å². The molecule has 0 radical (unpaired) electrons. The van der Waals surface area contributed by atoms with E-state index in [2.05, 4.69) is 146 Å². The van der Waals surface area contributed by atoms with Crippen molar-refractivity contribution in [1.82, 2.24) is 0 Å². The first kappa shape index (κ1) is 27.3. The highest BCUT2D eigenvalue weighted by molar-refractivity contribution is 6.26. The van der Waals surface area contributed by atoms with Gasteiger partial charge in [0.2, 0.25) is 0 Å². The molecule has 0 amide bonds.